The Labute approximate surface area is 91.0 Å². The molecule has 0 saturated heterocycles. The minimum Gasteiger partial charge on any atom is -0.320 e. The van der Waals surface area contributed by atoms with Crippen LogP contribution in [-0.4, -0.2) is 12.2 Å². The molecule has 1 unspecified atom stereocenters. The van der Waals surface area contributed by atoms with Crippen LogP contribution in [0.4, 0.5) is 13.2 Å². The largest absolute Gasteiger partial charge is 0.403 e. The van der Waals surface area contributed by atoms with E-state index in [2.05, 4.69) is 0 Å². The van der Waals surface area contributed by atoms with Gasteiger partial charge in [0.15, 0.2) is 0 Å². The molecule has 0 bridgehead atoms. The lowest BCUT2D eigenvalue weighted by Crippen LogP contribution is -2.37. The summed E-state index contributed by atoms with van der Waals surface area (Å²) in [7, 11) is 0. The van der Waals surface area contributed by atoms with Gasteiger partial charge in [-0.05, 0) is 24.5 Å². The monoisotopic (exact) mass is 237 g/mol. The van der Waals surface area contributed by atoms with Gasteiger partial charge in [-0.2, -0.15) is 13.2 Å². The Hall–Kier alpha value is -0.740. The summed E-state index contributed by atoms with van der Waals surface area (Å²) in [6.07, 6.45) is -4.24. The van der Waals surface area contributed by atoms with Crippen LogP contribution in [0, 0.1) is 0 Å². The average molecular weight is 238 g/mol. The standard InChI is InChI=1S/C10H11ClF3N/c11-8-4-2-1-3-7(8)5-6-9(15)10(12,13)14/h1-4,9H,5-6,15H2. The molecular weight excluding hydrogens is 227 g/mol. The van der Waals surface area contributed by atoms with E-state index in [1.807, 2.05) is 0 Å². The van der Waals surface area contributed by atoms with Gasteiger partial charge in [-0.15, -0.1) is 0 Å². The molecule has 0 aliphatic rings. The molecule has 0 radical (unpaired) electrons. The molecule has 0 amide bonds. The summed E-state index contributed by atoms with van der Waals surface area (Å²) in [5.41, 5.74) is 5.67. The van der Waals surface area contributed by atoms with Crippen LogP contribution in [-0.2, 0) is 6.42 Å². The van der Waals surface area contributed by atoms with E-state index in [0.717, 1.165) is 0 Å². The first kappa shape index (κ1) is 12.3. The van der Waals surface area contributed by atoms with E-state index >= 15 is 0 Å². The molecule has 0 aliphatic carbocycles. The predicted octanol–water partition coefficient (Wildman–Crippen LogP) is 3.16. The summed E-state index contributed by atoms with van der Waals surface area (Å²) in [4.78, 5) is 0. The molecule has 0 fully saturated rings. The molecule has 5 heteroatoms. The first-order chi connectivity index (χ1) is 6.91. The maximum atomic E-state index is 12.1. The molecule has 1 nitrogen and oxygen atoms in total. The molecule has 0 aromatic heterocycles. The summed E-state index contributed by atoms with van der Waals surface area (Å²) >= 11 is 5.80. The van der Waals surface area contributed by atoms with Crippen LogP contribution in [0.15, 0.2) is 24.3 Å². The van der Waals surface area contributed by atoms with Gasteiger partial charge in [0.05, 0.1) is 0 Å². The Morgan fingerprint density at radius 3 is 2.40 bits per heavy atom. The van der Waals surface area contributed by atoms with Crippen LogP contribution >= 0.6 is 11.6 Å². The lowest BCUT2D eigenvalue weighted by molar-refractivity contribution is -0.148. The molecule has 0 heterocycles. The SMILES string of the molecule is NC(CCc1ccccc1Cl)C(F)(F)F. The van der Waals surface area contributed by atoms with Crippen molar-refractivity contribution in [3.8, 4) is 0 Å². The molecule has 1 aromatic rings. The predicted molar refractivity (Wildman–Crippen MR) is 53.8 cm³/mol. The zero-order chi connectivity index (χ0) is 11.5. The van der Waals surface area contributed by atoms with Crippen LogP contribution in [0.1, 0.15) is 12.0 Å². The number of aryl methyl sites for hydroxylation is 1. The van der Waals surface area contributed by atoms with Crippen molar-refractivity contribution in [1.82, 2.24) is 0 Å². The van der Waals surface area contributed by atoms with Gasteiger partial charge in [0.25, 0.3) is 0 Å². The molecule has 0 saturated carbocycles. The van der Waals surface area contributed by atoms with Gasteiger partial charge in [0.1, 0.15) is 6.04 Å². The Morgan fingerprint density at radius 1 is 1.27 bits per heavy atom. The lowest BCUT2D eigenvalue weighted by Gasteiger charge is -2.15. The lowest BCUT2D eigenvalue weighted by atomic mass is 10.1. The molecule has 15 heavy (non-hydrogen) atoms. The number of halogens is 4. The Balaban J connectivity index is 2.55. The third-order valence-corrected chi connectivity index (χ3v) is 2.47. The number of rotatable bonds is 3. The van der Waals surface area contributed by atoms with Crippen molar-refractivity contribution in [2.24, 2.45) is 5.73 Å². The minimum atomic E-state index is -4.33. The maximum Gasteiger partial charge on any atom is 0.403 e. The van der Waals surface area contributed by atoms with Crippen molar-refractivity contribution in [2.45, 2.75) is 25.1 Å². The van der Waals surface area contributed by atoms with E-state index < -0.39 is 12.2 Å². The summed E-state index contributed by atoms with van der Waals surface area (Å²) < 4.78 is 36.3. The highest BCUT2D eigenvalue weighted by Gasteiger charge is 2.36. The van der Waals surface area contributed by atoms with Crippen LogP contribution in [0.25, 0.3) is 0 Å². The Kier molecular flexibility index (Phi) is 3.99. The zero-order valence-electron chi connectivity index (χ0n) is 7.89. The van der Waals surface area contributed by atoms with Crippen molar-refractivity contribution in [3.05, 3.63) is 34.9 Å². The Morgan fingerprint density at radius 2 is 1.87 bits per heavy atom. The second kappa shape index (κ2) is 4.86. The summed E-state index contributed by atoms with van der Waals surface area (Å²) in [6, 6.07) is 5.03. The minimum absolute atomic E-state index is 0.146. The zero-order valence-corrected chi connectivity index (χ0v) is 8.65. The fourth-order valence-corrected chi connectivity index (χ4v) is 1.41. The van der Waals surface area contributed by atoms with E-state index in [9.17, 15) is 13.2 Å². The van der Waals surface area contributed by atoms with Gasteiger partial charge in [-0.1, -0.05) is 29.8 Å². The van der Waals surface area contributed by atoms with Crippen LogP contribution < -0.4 is 5.73 Å². The molecule has 0 aliphatic heterocycles. The maximum absolute atomic E-state index is 12.1. The van der Waals surface area contributed by atoms with Gasteiger partial charge in [0, 0.05) is 5.02 Å². The molecule has 2 N–H and O–H groups in total. The number of alkyl halides is 3. The quantitative estimate of drug-likeness (QED) is 0.859. The summed E-state index contributed by atoms with van der Waals surface area (Å²) in [5, 5.41) is 0.479. The first-order valence-electron chi connectivity index (χ1n) is 4.47. The van der Waals surface area contributed by atoms with Crippen LogP contribution in [0.2, 0.25) is 5.02 Å². The van der Waals surface area contributed by atoms with Crippen molar-refractivity contribution in [2.75, 3.05) is 0 Å². The second-order valence-corrected chi connectivity index (χ2v) is 3.69. The fraction of sp³-hybridized carbons (Fsp3) is 0.400. The van der Waals surface area contributed by atoms with Crippen molar-refractivity contribution in [3.63, 3.8) is 0 Å². The highest BCUT2D eigenvalue weighted by Crippen LogP contribution is 2.23. The highest BCUT2D eigenvalue weighted by molar-refractivity contribution is 6.31. The summed E-state index contributed by atoms with van der Waals surface area (Å²) in [6.45, 7) is 0. The van der Waals surface area contributed by atoms with Crippen molar-refractivity contribution >= 4 is 11.6 Å². The Bertz CT molecular complexity index is 325. The topological polar surface area (TPSA) is 26.0 Å². The third kappa shape index (κ3) is 3.72. The summed E-state index contributed by atoms with van der Waals surface area (Å²) in [5.74, 6) is 0. The first-order valence-corrected chi connectivity index (χ1v) is 4.85. The number of hydrogen-bond acceptors (Lipinski definition) is 1. The van der Waals surface area contributed by atoms with Gasteiger partial charge in [-0.3, -0.25) is 0 Å². The molecule has 1 atom stereocenters. The van der Waals surface area contributed by atoms with Crippen LogP contribution in [0.3, 0.4) is 0 Å². The van der Waals surface area contributed by atoms with E-state index in [4.69, 9.17) is 17.3 Å². The molecule has 1 rings (SSSR count). The van der Waals surface area contributed by atoms with Crippen molar-refractivity contribution < 1.29 is 13.2 Å². The smallest absolute Gasteiger partial charge is 0.320 e. The number of nitrogens with two attached hydrogens (primary N) is 1. The molecule has 84 valence electrons. The number of benzene rings is 1. The van der Waals surface area contributed by atoms with Gasteiger partial charge < -0.3 is 5.73 Å². The fourth-order valence-electron chi connectivity index (χ4n) is 1.18. The number of hydrogen-bond donors (Lipinski definition) is 1. The third-order valence-electron chi connectivity index (χ3n) is 2.10. The molecular formula is C10H11ClF3N. The van der Waals surface area contributed by atoms with Gasteiger partial charge in [0.2, 0.25) is 0 Å². The van der Waals surface area contributed by atoms with E-state index in [1.165, 1.54) is 0 Å². The van der Waals surface area contributed by atoms with E-state index in [1.54, 1.807) is 24.3 Å². The normalized spacial score (nSPS) is 13.9. The van der Waals surface area contributed by atoms with E-state index in [0.29, 0.717) is 10.6 Å². The van der Waals surface area contributed by atoms with E-state index in [-0.39, 0.29) is 12.8 Å². The van der Waals surface area contributed by atoms with Gasteiger partial charge in [-0.25, -0.2) is 0 Å². The average Bonchev–Trinajstić information content (AvgIpc) is 2.14. The van der Waals surface area contributed by atoms with Gasteiger partial charge >= 0.3 is 6.18 Å². The van der Waals surface area contributed by atoms with Crippen molar-refractivity contribution in [1.29, 1.82) is 0 Å². The van der Waals surface area contributed by atoms with Crippen LogP contribution in [0.5, 0.6) is 0 Å². The highest BCUT2D eigenvalue weighted by atomic mass is 35.5. The molecule has 1 aromatic carbocycles. The second-order valence-electron chi connectivity index (χ2n) is 3.28. The molecule has 0 spiro atoms.